The van der Waals surface area contributed by atoms with Gasteiger partial charge in [-0.3, -0.25) is 4.79 Å². The second kappa shape index (κ2) is 9.59. The summed E-state index contributed by atoms with van der Waals surface area (Å²) in [5.41, 5.74) is -0.00918. The summed E-state index contributed by atoms with van der Waals surface area (Å²) in [6.07, 6.45) is 0. The van der Waals surface area contributed by atoms with Gasteiger partial charge in [0.2, 0.25) is 0 Å². The van der Waals surface area contributed by atoms with Crippen LogP contribution in [0, 0.1) is 0 Å². The number of carbonyl (C=O) groups excluding carboxylic acids is 1. The second-order valence-corrected chi connectivity index (χ2v) is 8.72. The van der Waals surface area contributed by atoms with Crippen LogP contribution in [0.25, 0.3) is 10.9 Å². The fourth-order valence-corrected chi connectivity index (χ4v) is 4.04. The summed E-state index contributed by atoms with van der Waals surface area (Å²) in [6.45, 7) is -0.982. The summed E-state index contributed by atoms with van der Waals surface area (Å²) in [5, 5.41) is 11.1. The third kappa shape index (κ3) is 5.24. The maximum absolute atomic E-state index is 14.8. The first kappa shape index (κ1) is 23.4. The molecule has 10 heteroatoms. The van der Waals surface area contributed by atoms with Crippen molar-refractivity contribution >= 4 is 55.9 Å². The number of alkyl halides is 2. The maximum atomic E-state index is 14.8. The smallest absolute Gasteiger partial charge is 0.291 e. The Kier molecular flexibility index (Phi) is 6.78. The summed E-state index contributed by atoms with van der Waals surface area (Å²) >= 11 is 15.1. The fraction of sp³-hybridized carbons (Fsp3) is 0.0870. The van der Waals surface area contributed by atoms with Gasteiger partial charge in [0.05, 0.1) is 17.1 Å². The van der Waals surface area contributed by atoms with Crippen LogP contribution in [-0.2, 0) is 5.92 Å². The van der Waals surface area contributed by atoms with Gasteiger partial charge in [0.15, 0.2) is 0 Å². The Labute approximate surface area is 205 Å². The van der Waals surface area contributed by atoms with E-state index in [0.717, 1.165) is 0 Å². The predicted molar refractivity (Wildman–Crippen MR) is 126 cm³/mol. The molecular formula is C23H14BrCl2F2N3O2. The van der Waals surface area contributed by atoms with E-state index >= 15 is 0 Å². The summed E-state index contributed by atoms with van der Waals surface area (Å²) in [7, 11) is 0. The average Bonchev–Trinajstić information content (AvgIpc) is 2.78. The zero-order valence-electron chi connectivity index (χ0n) is 16.7. The summed E-state index contributed by atoms with van der Waals surface area (Å²) in [4.78, 5) is 13.1. The van der Waals surface area contributed by atoms with Gasteiger partial charge in [-0.25, -0.2) is 0 Å². The predicted octanol–water partition coefficient (Wildman–Crippen LogP) is 7.01. The first-order valence-corrected chi connectivity index (χ1v) is 11.1. The van der Waals surface area contributed by atoms with Gasteiger partial charge in [-0.05, 0) is 42.5 Å². The van der Waals surface area contributed by atoms with Crippen LogP contribution in [0.3, 0.4) is 0 Å². The number of hydrogen-bond acceptors (Lipinski definition) is 4. The van der Waals surface area contributed by atoms with Crippen molar-refractivity contribution in [1.82, 2.24) is 15.5 Å². The van der Waals surface area contributed by atoms with E-state index in [1.54, 1.807) is 48.5 Å². The number of amides is 1. The highest BCUT2D eigenvalue weighted by molar-refractivity contribution is 9.10. The minimum absolute atomic E-state index is 0.0201. The molecule has 3 aromatic carbocycles. The monoisotopic (exact) mass is 551 g/mol. The molecule has 33 heavy (non-hydrogen) atoms. The molecular weight excluding hydrogens is 539 g/mol. The SMILES string of the molecule is O=C(NCC(F)(F)c1ccc(Br)cc1Cl)c1c(Oc2ccc(Cl)cc2)nnc2ccccc12. The van der Waals surface area contributed by atoms with Crippen molar-refractivity contribution in [2.75, 3.05) is 6.54 Å². The Hall–Kier alpha value is -2.81. The number of fused-ring (bicyclic) bond motifs is 1. The van der Waals surface area contributed by atoms with E-state index < -0.39 is 23.9 Å². The number of nitrogens with zero attached hydrogens (tertiary/aromatic N) is 2. The van der Waals surface area contributed by atoms with E-state index in [2.05, 4.69) is 31.4 Å². The van der Waals surface area contributed by atoms with Crippen molar-refractivity contribution in [3.8, 4) is 11.6 Å². The van der Waals surface area contributed by atoms with Crippen molar-refractivity contribution in [2.45, 2.75) is 5.92 Å². The van der Waals surface area contributed by atoms with Crippen LogP contribution >= 0.6 is 39.1 Å². The number of hydrogen-bond donors (Lipinski definition) is 1. The molecule has 1 amide bonds. The molecule has 168 valence electrons. The van der Waals surface area contributed by atoms with E-state index in [1.807, 2.05) is 0 Å². The topological polar surface area (TPSA) is 64.1 Å². The molecule has 1 heterocycles. The Bertz CT molecular complexity index is 1340. The molecule has 0 fully saturated rings. The Morgan fingerprint density at radius 1 is 1.03 bits per heavy atom. The molecule has 0 saturated heterocycles. The van der Waals surface area contributed by atoms with E-state index in [4.69, 9.17) is 27.9 Å². The standard InChI is InChI=1S/C23H14BrCl2F2N3O2/c24-13-5-10-17(18(26)11-13)23(27,28)12-29-21(32)20-16-3-1-2-4-19(16)30-31-22(20)33-15-8-6-14(25)7-9-15/h1-11H,12H2,(H,29,32). The number of ether oxygens (including phenoxy) is 1. The molecule has 0 unspecified atom stereocenters. The van der Waals surface area contributed by atoms with Gasteiger partial charge < -0.3 is 10.1 Å². The first-order valence-electron chi connectivity index (χ1n) is 9.55. The number of halogens is 5. The molecule has 0 aliphatic heterocycles. The van der Waals surface area contributed by atoms with Gasteiger partial charge in [-0.2, -0.15) is 8.78 Å². The molecule has 4 rings (SSSR count). The molecule has 4 aromatic rings. The van der Waals surface area contributed by atoms with Crippen molar-refractivity contribution in [2.24, 2.45) is 0 Å². The minimum Gasteiger partial charge on any atom is -0.437 e. The Morgan fingerprint density at radius 3 is 2.48 bits per heavy atom. The molecule has 0 saturated carbocycles. The minimum atomic E-state index is -3.42. The zero-order valence-corrected chi connectivity index (χ0v) is 19.8. The maximum Gasteiger partial charge on any atom is 0.291 e. The number of carbonyl (C=O) groups is 1. The van der Waals surface area contributed by atoms with Crippen LogP contribution in [0.15, 0.2) is 71.2 Å². The Balaban J connectivity index is 1.65. The summed E-state index contributed by atoms with van der Waals surface area (Å²) in [6, 6.07) is 17.1. The van der Waals surface area contributed by atoms with Gasteiger partial charge >= 0.3 is 0 Å². The summed E-state index contributed by atoms with van der Waals surface area (Å²) in [5.74, 6) is -3.98. The van der Waals surface area contributed by atoms with Gasteiger partial charge in [-0.1, -0.05) is 63.4 Å². The molecule has 1 N–H and O–H groups in total. The van der Waals surface area contributed by atoms with Crippen LogP contribution in [0.5, 0.6) is 11.6 Å². The van der Waals surface area contributed by atoms with E-state index in [0.29, 0.717) is 26.1 Å². The number of benzene rings is 3. The number of nitrogens with one attached hydrogen (secondary N) is 1. The van der Waals surface area contributed by atoms with E-state index in [-0.39, 0.29) is 16.5 Å². The molecule has 0 atom stereocenters. The molecule has 1 aromatic heterocycles. The summed E-state index contributed by atoms with van der Waals surface area (Å²) < 4.78 is 36.0. The van der Waals surface area contributed by atoms with Crippen molar-refractivity contribution in [1.29, 1.82) is 0 Å². The van der Waals surface area contributed by atoms with Gasteiger partial charge in [0.25, 0.3) is 17.7 Å². The van der Waals surface area contributed by atoms with Crippen molar-refractivity contribution in [3.05, 3.63) is 92.4 Å². The van der Waals surface area contributed by atoms with Gasteiger partial charge in [0, 0.05) is 20.4 Å². The van der Waals surface area contributed by atoms with Crippen molar-refractivity contribution in [3.63, 3.8) is 0 Å². The van der Waals surface area contributed by atoms with Crippen LogP contribution < -0.4 is 10.1 Å². The van der Waals surface area contributed by atoms with Crippen LogP contribution in [-0.4, -0.2) is 22.6 Å². The third-order valence-corrected chi connectivity index (χ3v) is 5.75. The highest BCUT2D eigenvalue weighted by atomic mass is 79.9. The highest BCUT2D eigenvalue weighted by Gasteiger charge is 2.35. The lowest BCUT2D eigenvalue weighted by atomic mass is 10.1. The van der Waals surface area contributed by atoms with Gasteiger partial charge in [-0.15, -0.1) is 10.2 Å². The van der Waals surface area contributed by atoms with Gasteiger partial charge in [0.1, 0.15) is 11.3 Å². The molecule has 0 aliphatic rings. The third-order valence-electron chi connectivity index (χ3n) is 4.69. The lowest BCUT2D eigenvalue weighted by Crippen LogP contribution is -2.35. The first-order chi connectivity index (χ1) is 15.7. The second-order valence-electron chi connectivity index (χ2n) is 6.96. The highest BCUT2D eigenvalue weighted by Crippen LogP contribution is 2.35. The molecule has 0 bridgehead atoms. The van der Waals surface area contributed by atoms with Crippen LogP contribution in [0.4, 0.5) is 8.78 Å². The molecule has 0 aliphatic carbocycles. The van der Waals surface area contributed by atoms with E-state index in [9.17, 15) is 13.6 Å². The largest absolute Gasteiger partial charge is 0.437 e. The fourth-order valence-electron chi connectivity index (χ4n) is 3.10. The average molecular weight is 553 g/mol. The lowest BCUT2D eigenvalue weighted by molar-refractivity contribution is -0.00239. The normalized spacial score (nSPS) is 11.4. The van der Waals surface area contributed by atoms with Crippen molar-refractivity contribution < 1.29 is 18.3 Å². The zero-order chi connectivity index (χ0) is 23.6. The van der Waals surface area contributed by atoms with E-state index in [1.165, 1.54) is 18.2 Å². The Morgan fingerprint density at radius 2 is 1.76 bits per heavy atom. The number of rotatable bonds is 6. The van der Waals surface area contributed by atoms with Crippen LogP contribution in [0.2, 0.25) is 10.0 Å². The quantitative estimate of drug-likeness (QED) is 0.279. The number of aromatic nitrogens is 2. The molecule has 0 spiro atoms. The van der Waals surface area contributed by atoms with Crippen LogP contribution in [0.1, 0.15) is 15.9 Å². The molecule has 5 nitrogen and oxygen atoms in total. The lowest BCUT2D eigenvalue weighted by Gasteiger charge is -2.19. The molecule has 0 radical (unpaired) electrons.